The minimum atomic E-state index is 0.0978. The van der Waals surface area contributed by atoms with Crippen LogP contribution >= 0.6 is 22.9 Å². The maximum atomic E-state index is 11.9. The van der Waals surface area contributed by atoms with Gasteiger partial charge in [-0.15, -0.1) is 0 Å². The Kier molecular flexibility index (Phi) is 2.97. The molecular formula is C12H12ClN3OS. The summed E-state index contributed by atoms with van der Waals surface area (Å²) >= 11 is 7.58. The predicted molar refractivity (Wildman–Crippen MR) is 74.1 cm³/mol. The third kappa shape index (κ3) is 1.88. The lowest BCUT2D eigenvalue weighted by Gasteiger charge is -2.11. The zero-order valence-electron chi connectivity index (χ0n) is 9.60. The Bertz CT molecular complexity index is 612. The molecule has 1 amide bonds. The van der Waals surface area contributed by atoms with Gasteiger partial charge in [0.15, 0.2) is 5.13 Å². The number of fused-ring (bicyclic) bond motifs is 1. The van der Waals surface area contributed by atoms with Gasteiger partial charge in [0.05, 0.1) is 9.72 Å². The Morgan fingerprint density at radius 1 is 1.56 bits per heavy atom. The van der Waals surface area contributed by atoms with Crippen LogP contribution in [0.2, 0.25) is 5.02 Å². The van der Waals surface area contributed by atoms with Gasteiger partial charge >= 0.3 is 0 Å². The van der Waals surface area contributed by atoms with Crippen molar-refractivity contribution in [3.63, 3.8) is 0 Å². The number of carbonyl (C=O) groups is 1. The van der Waals surface area contributed by atoms with Crippen LogP contribution in [0.15, 0.2) is 18.2 Å². The summed E-state index contributed by atoms with van der Waals surface area (Å²) in [6.45, 7) is 1.20. The van der Waals surface area contributed by atoms with Crippen LogP contribution in [0.3, 0.4) is 0 Å². The highest BCUT2D eigenvalue weighted by atomic mass is 35.5. The largest absolute Gasteiger partial charge is 0.330 e. The lowest BCUT2D eigenvalue weighted by atomic mass is 10.1. The Balaban J connectivity index is 2.00. The molecule has 0 radical (unpaired) electrons. The van der Waals surface area contributed by atoms with E-state index in [1.54, 1.807) is 4.90 Å². The summed E-state index contributed by atoms with van der Waals surface area (Å²) in [5.41, 5.74) is 6.39. The van der Waals surface area contributed by atoms with E-state index in [0.29, 0.717) is 24.5 Å². The topological polar surface area (TPSA) is 59.2 Å². The van der Waals surface area contributed by atoms with Gasteiger partial charge in [0.1, 0.15) is 5.52 Å². The Labute approximate surface area is 113 Å². The maximum Gasteiger partial charge on any atom is 0.229 e. The van der Waals surface area contributed by atoms with E-state index in [4.69, 9.17) is 17.3 Å². The highest BCUT2D eigenvalue weighted by molar-refractivity contribution is 7.22. The number of nitrogens with zero attached hydrogens (tertiary/aromatic N) is 2. The second kappa shape index (κ2) is 4.50. The molecule has 1 aliphatic rings. The first-order valence-electron chi connectivity index (χ1n) is 5.74. The number of nitrogens with two attached hydrogens (primary N) is 1. The summed E-state index contributed by atoms with van der Waals surface area (Å²) in [6.07, 6.45) is 0.514. The lowest BCUT2D eigenvalue weighted by molar-refractivity contribution is -0.117. The number of carbonyl (C=O) groups excluding carboxylic acids is 1. The molecule has 6 heteroatoms. The van der Waals surface area contributed by atoms with E-state index >= 15 is 0 Å². The molecule has 1 aromatic heterocycles. The molecule has 2 N–H and O–H groups in total. The first kappa shape index (κ1) is 11.9. The van der Waals surface area contributed by atoms with Crippen LogP contribution in [0, 0.1) is 5.92 Å². The van der Waals surface area contributed by atoms with Gasteiger partial charge < -0.3 is 5.73 Å². The molecular weight excluding hydrogens is 270 g/mol. The van der Waals surface area contributed by atoms with Crippen molar-refractivity contribution >= 4 is 44.2 Å². The van der Waals surface area contributed by atoms with Crippen molar-refractivity contribution in [3.8, 4) is 0 Å². The molecule has 0 saturated carbocycles. The van der Waals surface area contributed by atoms with E-state index in [1.807, 2.05) is 18.2 Å². The minimum Gasteiger partial charge on any atom is -0.330 e. The van der Waals surface area contributed by atoms with Gasteiger partial charge in [-0.25, -0.2) is 4.98 Å². The van der Waals surface area contributed by atoms with E-state index in [2.05, 4.69) is 4.98 Å². The Morgan fingerprint density at radius 2 is 2.39 bits per heavy atom. The summed E-state index contributed by atoms with van der Waals surface area (Å²) in [5.74, 6) is 0.334. The van der Waals surface area contributed by atoms with Crippen LogP contribution in [-0.4, -0.2) is 24.0 Å². The number of aromatic nitrogens is 1. The van der Waals surface area contributed by atoms with Gasteiger partial charge in [-0.3, -0.25) is 9.69 Å². The first-order chi connectivity index (χ1) is 8.69. The van der Waals surface area contributed by atoms with Crippen molar-refractivity contribution in [1.29, 1.82) is 0 Å². The van der Waals surface area contributed by atoms with Crippen molar-refractivity contribution in [1.82, 2.24) is 4.98 Å². The molecule has 4 nitrogen and oxygen atoms in total. The molecule has 1 aromatic carbocycles. The van der Waals surface area contributed by atoms with Crippen LogP contribution < -0.4 is 10.6 Å². The van der Waals surface area contributed by atoms with E-state index in [9.17, 15) is 4.79 Å². The van der Waals surface area contributed by atoms with Gasteiger partial charge in [-0.05, 0) is 24.6 Å². The highest BCUT2D eigenvalue weighted by Crippen LogP contribution is 2.35. The third-order valence-corrected chi connectivity index (χ3v) is 4.48. The van der Waals surface area contributed by atoms with Gasteiger partial charge in [0, 0.05) is 13.0 Å². The fourth-order valence-electron chi connectivity index (χ4n) is 2.14. The number of para-hydroxylation sites is 1. The number of amides is 1. The molecule has 0 spiro atoms. The Morgan fingerprint density at radius 3 is 3.06 bits per heavy atom. The summed E-state index contributed by atoms with van der Waals surface area (Å²) in [5, 5.41) is 1.34. The average molecular weight is 282 g/mol. The van der Waals surface area contributed by atoms with Crippen molar-refractivity contribution in [2.24, 2.45) is 11.7 Å². The van der Waals surface area contributed by atoms with E-state index < -0.39 is 0 Å². The minimum absolute atomic E-state index is 0.0978. The molecule has 1 saturated heterocycles. The zero-order chi connectivity index (χ0) is 12.7. The summed E-state index contributed by atoms with van der Waals surface area (Å²) in [7, 11) is 0. The quantitative estimate of drug-likeness (QED) is 0.918. The maximum absolute atomic E-state index is 11.9. The third-order valence-electron chi connectivity index (χ3n) is 3.13. The van der Waals surface area contributed by atoms with Crippen molar-refractivity contribution in [2.75, 3.05) is 18.0 Å². The van der Waals surface area contributed by atoms with Crippen molar-refractivity contribution in [2.45, 2.75) is 6.42 Å². The number of hydrogen-bond donors (Lipinski definition) is 1. The van der Waals surface area contributed by atoms with Crippen LogP contribution in [0.1, 0.15) is 6.42 Å². The van der Waals surface area contributed by atoms with Crippen LogP contribution in [0.4, 0.5) is 5.13 Å². The Hall–Kier alpha value is -1.17. The molecule has 0 bridgehead atoms. The molecule has 18 heavy (non-hydrogen) atoms. The normalized spacial score (nSPS) is 20.0. The molecule has 3 rings (SSSR count). The second-order valence-electron chi connectivity index (χ2n) is 4.39. The fraction of sp³-hybridized carbons (Fsp3) is 0.333. The lowest BCUT2D eigenvalue weighted by Crippen LogP contribution is -2.25. The van der Waals surface area contributed by atoms with E-state index in [-0.39, 0.29) is 11.8 Å². The van der Waals surface area contributed by atoms with Gasteiger partial charge in [0.25, 0.3) is 0 Å². The number of rotatable bonds is 2. The number of halogens is 1. The van der Waals surface area contributed by atoms with Gasteiger partial charge in [0.2, 0.25) is 5.91 Å². The zero-order valence-corrected chi connectivity index (χ0v) is 11.2. The number of benzene rings is 1. The van der Waals surface area contributed by atoms with E-state index in [1.165, 1.54) is 11.3 Å². The van der Waals surface area contributed by atoms with Crippen LogP contribution in [0.5, 0.6) is 0 Å². The van der Waals surface area contributed by atoms with Gasteiger partial charge in [-0.2, -0.15) is 0 Å². The summed E-state index contributed by atoms with van der Waals surface area (Å²) < 4.78 is 1.00. The van der Waals surface area contributed by atoms with E-state index in [0.717, 1.165) is 15.3 Å². The fourth-order valence-corrected chi connectivity index (χ4v) is 3.43. The monoisotopic (exact) mass is 281 g/mol. The molecule has 1 aliphatic heterocycles. The predicted octanol–water partition coefficient (Wildman–Crippen LogP) is 2.26. The SMILES string of the molecule is NCC1CC(=O)N(c2nc3c(Cl)cccc3s2)C1. The average Bonchev–Trinajstić information content (AvgIpc) is 2.93. The molecule has 2 heterocycles. The van der Waals surface area contributed by atoms with Gasteiger partial charge in [-0.1, -0.05) is 29.0 Å². The van der Waals surface area contributed by atoms with Crippen LogP contribution in [0.25, 0.3) is 10.2 Å². The molecule has 2 aromatic rings. The first-order valence-corrected chi connectivity index (χ1v) is 6.94. The number of thiazole rings is 1. The molecule has 0 aliphatic carbocycles. The molecule has 1 unspecified atom stereocenters. The number of hydrogen-bond acceptors (Lipinski definition) is 4. The van der Waals surface area contributed by atoms with Crippen molar-refractivity contribution in [3.05, 3.63) is 23.2 Å². The standard InChI is InChI=1S/C12H12ClN3OS/c13-8-2-1-3-9-11(8)15-12(18-9)16-6-7(5-14)4-10(16)17/h1-3,7H,4-6,14H2. The number of anilines is 1. The smallest absolute Gasteiger partial charge is 0.229 e. The molecule has 1 atom stereocenters. The van der Waals surface area contributed by atoms with Crippen molar-refractivity contribution < 1.29 is 4.79 Å². The van der Waals surface area contributed by atoms with Crippen LogP contribution in [-0.2, 0) is 4.79 Å². The second-order valence-corrected chi connectivity index (χ2v) is 5.81. The molecule has 1 fully saturated rings. The molecule has 94 valence electrons. The summed E-state index contributed by atoms with van der Waals surface area (Å²) in [4.78, 5) is 18.1. The highest BCUT2D eigenvalue weighted by Gasteiger charge is 2.31. The summed E-state index contributed by atoms with van der Waals surface area (Å²) in [6, 6.07) is 5.66.